The van der Waals surface area contributed by atoms with Crippen LogP contribution in [0, 0.1) is 5.41 Å². The van der Waals surface area contributed by atoms with E-state index < -0.39 is 0 Å². The number of para-hydroxylation sites is 1. The highest BCUT2D eigenvalue weighted by Gasteiger charge is 2.18. The van der Waals surface area contributed by atoms with Crippen LogP contribution in [0.3, 0.4) is 0 Å². The predicted molar refractivity (Wildman–Crippen MR) is 97.2 cm³/mol. The quantitative estimate of drug-likeness (QED) is 0.365. The molecule has 0 aromatic heterocycles. The molecule has 0 fully saturated rings. The third-order valence-electron chi connectivity index (χ3n) is 3.96. The van der Waals surface area contributed by atoms with Gasteiger partial charge in [0.2, 0.25) is 6.41 Å². The molecule has 3 N–H and O–H groups in total. The molecule has 0 spiro atoms. The van der Waals surface area contributed by atoms with Crippen LogP contribution in [0.5, 0.6) is 5.75 Å². The fraction of sp³-hybridized carbons (Fsp3) is 0.474. The first-order chi connectivity index (χ1) is 11.3. The van der Waals surface area contributed by atoms with Crippen molar-refractivity contribution in [2.24, 2.45) is 5.41 Å². The molecule has 0 atom stereocenters. The lowest BCUT2D eigenvalue weighted by Crippen LogP contribution is -2.28. The van der Waals surface area contributed by atoms with Crippen molar-refractivity contribution >= 4 is 18.0 Å². The minimum Gasteiger partial charge on any atom is -0.505 e. The Bertz CT molecular complexity index is 603. The average Bonchev–Trinajstić information content (AvgIpc) is 2.48. The van der Waals surface area contributed by atoms with E-state index in [-0.39, 0.29) is 28.3 Å². The summed E-state index contributed by atoms with van der Waals surface area (Å²) in [6.45, 7) is 9.08. The second kappa shape index (κ2) is 9.11. The summed E-state index contributed by atoms with van der Waals surface area (Å²) in [5, 5.41) is 15.2. The average molecular weight is 332 g/mol. The molecule has 132 valence electrons. The van der Waals surface area contributed by atoms with Crippen molar-refractivity contribution in [2.45, 2.75) is 47.0 Å². The van der Waals surface area contributed by atoms with Gasteiger partial charge in [0.1, 0.15) is 0 Å². The van der Waals surface area contributed by atoms with Crippen LogP contribution in [0.2, 0.25) is 0 Å². The first-order valence-electron chi connectivity index (χ1n) is 8.20. The fourth-order valence-electron chi connectivity index (χ4n) is 2.39. The molecule has 0 radical (unpaired) electrons. The van der Waals surface area contributed by atoms with E-state index in [1.54, 1.807) is 6.07 Å². The Balaban J connectivity index is 2.56. The molecule has 0 aliphatic rings. The van der Waals surface area contributed by atoms with E-state index in [9.17, 15) is 14.7 Å². The Morgan fingerprint density at radius 3 is 2.58 bits per heavy atom. The van der Waals surface area contributed by atoms with Crippen LogP contribution < -0.4 is 10.6 Å². The summed E-state index contributed by atoms with van der Waals surface area (Å²) >= 11 is 0. The summed E-state index contributed by atoms with van der Waals surface area (Å²) in [6.07, 6.45) is 5.62. The zero-order valence-corrected chi connectivity index (χ0v) is 15.0. The highest BCUT2D eigenvalue weighted by molar-refractivity contribution is 5.99. The monoisotopic (exact) mass is 332 g/mol. The topological polar surface area (TPSA) is 78.4 Å². The summed E-state index contributed by atoms with van der Waals surface area (Å²) in [6, 6.07) is 4.68. The Morgan fingerprint density at radius 1 is 1.25 bits per heavy atom. The van der Waals surface area contributed by atoms with Gasteiger partial charge in [0.15, 0.2) is 5.75 Å². The Hall–Kier alpha value is -2.30. The van der Waals surface area contributed by atoms with E-state index in [1.165, 1.54) is 17.7 Å². The maximum atomic E-state index is 12.2. The smallest absolute Gasteiger partial charge is 0.255 e. The van der Waals surface area contributed by atoms with Gasteiger partial charge < -0.3 is 15.7 Å². The van der Waals surface area contributed by atoms with Gasteiger partial charge in [0.25, 0.3) is 5.91 Å². The number of phenols is 1. The van der Waals surface area contributed by atoms with Crippen molar-refractivity contribution in [2.75, 3.05) is 11.9 Å². The van der Waals surface area contributed by atoms with Crippen LogP contribution in [-0.2, 0) is 4.79 Å². The normalized spacial score (nSPS) is 10.8. The number of carbonyl (C=O) groups is 2. The van der Waals surface area contributed by atoms with Crippen molar-refractivity contribution < 1.29 is 14.7 Å². The molecule has 5 heteroatoms. The zero-order chi connectivity index (χ0) is 18.2. The molecule has 24 heavy (non-hydrogen) atoms. The molecule has 0 heterocycles. The molecule has 1 rings (SSSR count). The van der Waals surface area contributed by atoms with Crippen LogP contribution in [0.15, 0.2) is 29.8 Å². The minimum atomic E-state index is -0.345. The third-order valence-corrected chi connectivity index (χ3v) is 3.96. The van der Waals surface area contributed by atoms with Gasteiger partial charge in [-0.15, -0.1) is 0 Å². The molecule has 2 amide bonds. The standard InChI is InChI=1S/C19H28N2O3/c1-14(2)7-6-10-19(3,4)11-12-20-18(24)15-8-5-9-16(17(15)23)21-13-22/h5,7-9,13,23H,6,10-12H2,1-4H3,(H,20,24)(H,21,22). The van der Waals surface area contributed by atoms with E-state index >= 15 is 0 Å². The molecular formula is C19H28N2O3. The van der Waals surface area contributed by atoms with Gasteiger partial charge >= 0.3 is 0 Å². The summed E-state index contributed by atoms with van der Waals surface area (Å²) in [5.74, 6) is -0.563. The molecule has 0 bridgehead atoms. The highest BCUT2D eigenvalue weighted by atomic mass is 16.3. The van der Waals surface area contributed by atoms with Crippen LogP contribution >= 0.6 is 0 Å². The molecule has 1 aromatic rings. The maximum Gasteiger partial charge on any atom is 0.255 e. The SMILES string of the molecule is CC(C)=CCCC(C)(C)CCNC(=O)c1cccc(NC=O)c1O. The Labute approximate surface area is 144 Å². The molecule has 5 nitrogen and oxygen atoms in total. The van der Waals surface area contributed by atoms with E-state index in [0.717, 1.165) is 19.3 Å². The number of aromatic hydroxyl groups is 1. The van der Waals surface area contributed by atoms with Crippen molar-refractivity contribution in [3.05, 3.63) is 35.4 Å². The molecule has 0 saturated heterocycles. The van der Waals surface area contributed by atoms with Crippen molar-refractivity contribution in [1.29, 1.82) is 0 Å². The number of anilines is 1. The van der Waals surface area contributed by atoms with Crippen LogP contribution in [0.1, 0.15) is 57.3 Å². The van der Waals surface area contributed by atoms with Crippen molar-refractivity contribution in [3.8, 4) is 5.75 Å². The van der Waals surface area contributed by atoms with Gasteiger partial charge in [-0.3, -0.25) is 9.59 Å². The number of nitrogens with one attached hydrogen (secondary N) is 2. The number of amides is 2. The van der Waals surface area contributed by atoms with Gasteiger partial charge in [0, 0.05) is 6.54 Å². The van der Waals surface area contributed by atoms with E-state index in [1.807, 2.05) is 0 Å². The van der Waals surface area contributed by atoms with Gasteiger partial charge in [-0.05, 0) is 50.7 Å². The summed E-state index contributed by atoms with van der Waals surface area (Å²) < 4.78 is 0. The van der Waals surface area contributed by atoms with Crippen molar-refractivity contribution in [1.82, 2.24) is 5.32 Å². The van der Waals surface area contributed by atoms with Gasteiger partial charge in [-0.25, -0.2) is 0 Å². The van der Waals surface area contributed by atoms with E-state index in [2.05, 4.69) is 44.4 Å². The molecule has 0 unspecified atom stereocenters. The number of hydrogen-bond donors (Lipinski definition) is 3. The number of phenolic OH excluding ortho intramolecular Hbond substituents is 1. The summed E-state index contributed by atoms with van der Waals surface area (Å²) in [5.41, 5.74) is 1.82. The molecule has 0 aliphatic carbocycles. The lowest BCUT2D eigenvalue weighted by atomic mass is 9.84. The second-order valence-corrected chi connectivity index (χ2v) is 6.95. The van der Waals surface area contributed by atoms with Gasteiger partial charge in [-0.1, -0.05) is 31.6 Å². The largest absolute Gasteiger partial charge is 0.505 e. The second-order valence-electron chi connectivity index (χ2n) is 6.95. The fourth-order valence-corrected chi connectivity index (χ4v) is 2.39. The third kappa shape index (κ3) is 6.44. The lowest BCUT2D eigenvalue weighted by molar-refractivity contribution is -0.105. The van der Waals surface area contributed by atoms with Gasteiger partial charge in [0.05, 0.1) is 11.3 Å². The zero-order valence-electron chi connectivity index (χ0n) is 15.0. The first-order valence-corrected chi connectivity index (χ1v) is 8.20. The lowest BCUT2D eigenvalue weighted by Gasteiger charge is -2.24. The number of carbonyl (C=O) groups excluding carboxylic acids is 2. The first kappa shape index (κ1) is 19.7. The van der Waals surface area contributed by atoms with Gasteiger partial charge in [-0.2, -0.15) is 0 Å². The van der Waals surface area contributed by atoms with Crippen LogP contribution in [-0.4, -0.2) is 24.0 Å². The minimum absolute atomic E-state index is 0.127. The van der Waals surface area contributed by atoms with Crippen LogP contribution in [0.25, 0.3) is 0 Å². The van der Waals surface area contributed by atoms with E-state index in [4.69, 9.17) is 0 Å². The van der Waals surface area contributed by atoms with Crippen molar-refractivity contribution in [3.63, 3.8) is 0 Å². The number of benzene rings is 1. The summed E-state index contributed by atoms with van der Waals surface area (Å²) in [4.78, 5) is 22.7. The van der Waals surface area contributed by atoms with E-state index in [0.29, 0.717) is 13.0 Å². The molecule has 0 aliphatic heterocycles. The number of rotatable bonds is 9. The molecular weight excluding hydrogens is 304 g/mol. The highest BCUT2D eigenvalue weighted by Crippen LogP contribution is 2.28. The number of allylic oxidation sites excluding steroid dienone is 2. The summed E-state index contributed by atoms with van der Waals surface area (Å²) in [7, 11) is 0. The maximum absolute atomic E-state index is 12.2. The molecule has 1 aromatic carbocycles. The van der Waals surface area contributed by atoms with Crippen LogP contribution in [0.4, 0.5) is 5.69 Å². The Morgan fingerprint density at radius 2 is 1.96 bits per heavy atom. The molecule has 0 saturated carbocycles. The number of hydrogen-bond acceptors (Lipinski definition) is 3. The Kier molecular flexibility index (Phi) is 7.49. The predicted octanol–water partition coefficient (Wildman–Crippen LogP) is 3.85.